The van der Waals surface area contributed by atoms with Gasteiger partial charge in [-0.15, -0.1) is 11.3 Å². The van der Waals surface area contributed by atoms with E-state index in [-0.39, 0.29) is 11.8 Å². The van der Waals surface area contributed by atoms with Crippen molar-refractivity contribution in [2.45, 2.75) is 13.0 Å². The molecule has 1 saturated heterocycles. The predicted molar refractivity (Wildman–Crippen MR) is 90.2 cm³/mol. The fourth-order valence-corrected chi connectivity index (χ4v) is 3.46. The number of benzene rings is 1. The van der Waals surface area contributed by atoms with Crippen molar-refractivity contribution in [2.24, 2.45) is 0 Å². The molecule has 2 aromatic rings. The third-order valence-electron chi connectivity index (χ3n) is 4.02. The number of piperazine rings is 1. The standard InChI is InChI=1S/C17H18N2O3S/c1-12-16(20)19(13-6-3-4-7-14(13)22-2)10-9-18(12)17(21)15-8-5-11-23-15/h3-8,11-12H,9-10H2,1-2H3. The van der Waals surface area contributed by atoms with Crippen LogP contribution in [0.25, 0.3) is 0 Å². The Morgan fingerprint density at radius 3 is 2.70 bits per heavy atom. The number of amides is 2. The van der Waals surface area contributed by atoms with Crippen LogP contribution in [-0.4, -0.2) is 43.0 Å². The molecule has 0 aliphatic carbocycles. The summed E-state index contributed by atoms with van der Waals surface area (Å²) in [6.45, 7) is 2.73. The number of anilines is 1. The molecule has 3 rings (SSSR count). The highest BCUT2D eigenvalue weighted by molar-refractivity contribution is 7.12. The van der Waals surface area contributed by atoms with E-state index in [1.807, 2.05) is 35.7 Å². The molecule has 1 fully saturated rings. The minimum absolute atomic E-state index is 0.0828. The fourth-order valence-electron chi connectivity index (χ4n) is 2.78. The molecule has 0 spiro atoms. The topological polar surface area (TPSA) is 49.9 Å². The van der Waals surface area contributed by atoms with Gasteiger partial charge in [-0.1, -0.05) is 18.2 Å². The van der Waals surface area contributed by atoms with Crippen molar-refractivity contribution in [1.29, 1.82) is 0 Å². The lowest BCUT2D eigenvalue weighted by molar-refractivity contribution is -0.124. The summed E-state index contributed by atoms with van der Waals surface area (Å²) in [5.41, 5.74) is 0.745. The van der Waals surface area contributed by atoms with Gasteiger partial charge >= 0.3 is 0 Å². The van der Waals surface area contributed by atoms with Crippen molar-refractivity contribution in [3.8, 4) is 5.75 Å². The minimum Gasteiger partial charge on any atom is -0.495 e. The Bertz CT molecular complexity index is 714. The number of methoxy groups -OCH3 is 1. The molecule has 23 heavy (non-hydrogen) atoms. The second kappa shape index (κ2) is 6.42. The molecule has 120 valence electrons. The number of ether oxygens (including phenoxy) is 1. The van der Waals surface area contributed by atoms with E-state index < -0.39 is 6.04 Å². The molecule has 0 saturated carbocycles. The minimum atomic E-state index is -0.497. The Morgan fingerprint density at radius 1 is 1.22 bits per heavy atom. The number of nitrogens with zero attached hydrogens (tertiary/aromatic N) is 2. The summed E-state index contributed by atoms with van der Waals surface area (Å²) >= 11 is 1.40. The summed E-state index contributed by atoms with van der Waals surface area (Å²) in [7, 11) is 1.59. The van der Waals surface area contributed by atoms with Gasteiger partial charge in [-0.2, -0.15) is 0 Å². The predicted octanol–water partition coefficient (Wildman–Crippen LogP) is 2.63. The third kappa shape index (κ3) is 2.82. The Labute approximate surface area is 139 Å². The van der Waals surface area contributed by atoms with E-state index in [1.54, 1.807) is 29.9 Å². The van der Waals surface area contributed by atoms with Gasteiger partial charge in [0, 0.05) is 13.1 Å². The molecule has 1 aliphatic heterocycles. The monoisotopic (exact) mass is 330 g/mol. The van der Waals surface area contributed by atoms with E-state index in [9.17, 15) is 9.59 Å². The van der Waals surface area contributed by atoms with Gasteiger partial charge in [0.05, 0.1) is 17.7 Å². The van der Waals surface area contributed by atoms with Crippen LogP contribution in [0.4, 0.5) is 5.69 Å². The number of thiophene rings is 1. The van der Waals surface area contributed by atoms with Crippen LogP contribution in [0.1, 0.15) is 16.6 Å². The first-order valence-electron chi connectivity index (χ1n) is 7.42. The van der Waals surface area contributed by atoms with Crippen molar-refractivity contribution < 1.29 is 14.3 Å². The first kappa shape index (κ1) is 15.6. The highest BCUT2D eigenvalue weighted by atomic mass is 32.1. The van der Waals surface area contributed by atoms with Gasteiger partial charge in [-0.3, -0.25) is 9.59 Å². The van der Waals surface area contributed by atoms with E-state index in [2.05, 4.69) is 0 Å². The quantitative estimate of drug-likeness (QED) is 0.869. The molecule has 0 radical (unpaired) electrons. The highest BCUT2D eigenvalue weighted by Gasteiger charge is 2.36. The zero-order valence-corrected chi connectivity index (χ0v) is 13.9. The molecular weight excluding hydrogens is 312 g/mol. The Balaban J connectivity index is 1.83. The van der Waals surface area contributed by atoms with Crippen molar-refractivity contribution >= 4 is 28.8 Å². The van der Waals surface area contributed by atoms with Crippen LogP contribution in [-0.2, 0) is 4.79 Å². The largest absolute Gasteiger partial charge is 0.495 e. The normalized spacial score (nSPS) is 18.2. The third-order valence-corrected chi connectivity index (χ3v) is 4.88. The van der Waals surface area contributed by atoms with E-state index in [1.165, 1.54) is 11.3 Å². The summed E-state index contributed by atoms with van der Waals surface area (Å²) in [6.07, 6.45) is 0. The summed E-state index contributed by atoms with van der Waals surface area (Å²) in [4.78, 5) is 29.3. The molecule has 0 N–H and O–H groups in total. The molecule has 5 nitrogen and oxygen atoms in total. The number of rotatable bonds is 3. The lowest BCUT2D eigenvalue weighted by atomic mass is 10.1. The number of carbonyl (C=O) groups is 2. The van der Waals surface area contributed by atoms with E-state index >= 15 is 0 Å². The molecular formula is C17H18N2O3S. The average molecular weight is 330 g/mol. The molecule has 1 atom stereocenters. The first-order valence-corrected chi connectivity index (χ1v) is 8.30. The summed E-state index contributed by atoms with van der Waals surface area (Å²) < 4.78 is 5.34. The second-order valence-corrected chi connectivity index (χ2v) is 6.26. The maximum Gasteiger partial charge on any atom is 0.264 e. The zero-order valence-electron chi connectivity index (χ0n) is 13.1. The van der Waals surface area contributed by atoms with E-state index in [0.717, 1.165) is 5.69 Å². The van der Waals surface area contributed by atoms with Gasteiger partial charge in [0.15, 0.2) is 0 Å². The number of hydrogen-bond donors (Lipinski definition) is 0. The van der Waals surface area contributed by atoms with Crippen molar-refractivity contribution in [3.63, 3.8) is 0 Å². The molecule has 1 aromatic heterocycles. The SMILES string of the molecule is COc1ccccc1N1CCN(C(=O)c2cccs2)C(C)C1=O. The van der Waals surface area contributed by atoms with Crippen LogP contribution in [0, 0.1) is 0 Å². The maximum atomic E-state index is 12.8. The molecule has 1 unspecified atom stereocenters. The van der Waals surface area contributed by atoms with Gasteiger partial charge < -0.3 is 14.5 Å². The van der Waals surface area contributed by atoms with Crippen LogP contribution in [0.2, 0.25) is 0 Å². The Hall–Kier alpha value is -2.34. The number of para-hydroxylation sites is 2. The molecule has 2 heterocycles. The second-order valence-electron chi connectivity index (χ2n) is 5.31. The van der Waals surface area contributed by atoms with Gasteiger partial charge in [-0.25, -0.2) is 0 Å². The van der Waals surface area contributed by atoms with Gasteiger partial charge in [0.25, 0.3) is 5.91 Å². The van der Waals surface area contributed by atoms with Crippen LogP contribution >= 0.6 is 11.3 Å². The first-order chi connectivity index (χ1) is 11.1. The molecule has 1 aliphatic rings. The van der Waals surface area contributed by atoms with Crippen LogP contribution in [0.5, 0.6) is 5.75 Å². The summed E-state index contributed by atoms with van der Waals surface area (Å²) in [6, 6.07) is 10.6. The Kier molecular flexibility index (Phi) is 4.34. The zero-order chi connectivity index (χ0) is 16.4. The van der Waals surface area contributed by atoms with E-state index in [4.69, 9.17) is 4.74 Å². The van der Waals surface area contributed by atoms with Gasteiger partial charge in [0.1, 0.15) is 11.8 Å². The van der Waals surface area contributed by atoms with Crippen molar-refractivity contribution in [2.75, 3.05) is 25.1 Å². The molecule has 2 amide bonds. The lowest BCUT2D eigenvalue weighted by Gasteiger charge is -2.39. The Morgan fingerprint density at radius 2 is 2.00 bits per heavy atom. The summed E-state index contributed by atoms with van der Waals surface area (Å²) in [5.74, 6) is 0.484. The number of hydrogen-bond acceptors (Lipinski definition) is 4. The molecule has 0 bridgehead atoms. The fraction of sp³-hybridized carbons (Fsp3) is 0.294. The van der Waals surface area contributed by atoms with Gasteiger partial charge in [-0.05, 0) is 30.5 Å². The lowest BCUT2D eigenvalue weighted by Crippen LogP contribution is -2.57. The summed E-state index contributed by atoms with van der Waals surface area (Å²) in [5, 5.41) is 1.87. The highest BCUT2D eigenvalue weighted by Crippen LogP contribution is 2.30. The van der Waals surface area contributed by atoms with E-state index in [0.29, 0.717) is 23.7 Å². The van der Waals surface area contributed by atoms with Crippen molar-refractivity contribution in [1.82, 2.24) is 4.90 Å². The molecule has 6 heteroatoms. The van der Waals surface area contributed by atoms with Crippen LogP contribution < -0.4 is 9.64 Å². The number of carbonyl (C=O) groups excluding carboxylic acids is 2. The van der Waals surface area contributed by atoms with Crippen molar-refractivity contribution in [3.05, 3.63) is 46.7 Å². The van der Waals surface area contributed by atoms with Crippen LogP contribution in [0.3, 0.4) is 0 Å². The average Bonchev–Trinajstić information content (AvgIpc) is 3.11. The smallest absolute Gasteiger partial charge is 0.264 e. The van der Waals surface area contributed by atoms with Crippen LogP contribution in [0.15, 0.2) is 41.8 Å². The van der Waals surface area contributed by atoms with Gasteiger partial charge in [0.2, 0.25) is 5.91 Å². The maximum absolute atomic E-state index is 12.8. The molecule has 1 aromatic carbocycles.